The van der Waals surface area contributed by atoms with Gasteiger partial charge in [0.1, 0.15) is 10.9 Å². The van der Waals surface area contributed by atoms with Crippen LogP contribution in [0.2, 0.25) is 5.15 Å². The number of para-hydroxylation sites is 1. The molecule has 0 aliphatic carbocycles. The quantitative estimate of drug-likeness (QED) is 0.422. The molecule has 0 unspecified atom stereocenters. The first-order valence-electron chi connectivity index (χ1n) is 9.33. The molecule has 6 nitrogen and oxygen atoms in total. The van der Waals surface area contributed by atoms with E-state index in [1.165, 1.54) is 11.0 Å². The maximum Gasteiger partial charge on any atom is 0.259 e. The van der Waals surface area contributed by atoms with Crippen LogP contribution in [-0.4, -0.2) is 47.1 Å². The van der Waals surface area contributed by atoms with Crippen LogP contribution in [0.4, 0.5) is 0 Å². The Balaban J connectivity index is 1.70. The van der Waals surface area contributed by atoms with E-state index in [0.29, 0.717) is 22.0 Å². The minimum atomic E-state index is -0.172. The van der Waals surface area contributed by atoms with Gasteiger partial charge in [-0.2, -0.15) is 5.10 Å². The average Bonchev–Trinajstić information content (AvgIpc) is 3.04. The van der Waals surface area contributed by atoms with Gasteiger partial charge in [-0.15, -0.1) is 0 Å². The molecule has 0 bridgehead atoms. The van der Waals surface area contributed by atoms with Crippen molar-refractivity contribution in [1.82, 2.24) is 14.7 Å². The topological polar surface area (TPSA) is 64.4 Å². The zero-order valence-corrected chi connectivity index (χ0v) is 17.8. The second-order valence-electron chi connectivity index (χ2n) is 6.84. The number of halogens is 1. The highest BCUT2D eigenvalue weighted by Gasteiger charge is 2.13. The van der Waals surface area contributed by atoms with Gasteiger partial charge in [-0.25, -0.2) is 4.68 Å². The van der Waals surface area contributed by atoms with Crippen LogP contribution in [0.1, 0.15) is 21.6 Å². The zero-order chi connectivity index (χ0) is 21.7. The van der Waals surface area contributed by atoms with Crippen LogP contribution < -0.4 is 4.74 Å². The van der Waals surface area contributed by atoms with E-state index in [9.17, 15) is 9.59 Å². The molecule has 0 saturated heterocycles. The van der Waals surface area contributed by atoms with Crippen LogP contribution in [0.15, 0.2) is 60.7 Å². The minimum absolute atomic E-state index is 0.0522. The Hall–Kier alpha value is -3.38. The number of aromatic nitrogens is 2. The van der Waals surface area contributed by atoms with Gasteiger partial charge in [0.25, 0.3) is 5.91 Å². The summed E-state index contributed by atoms with van der Waals surface area (Å²) in [6.45, 7) is 1.79. The van der Waals surface area contributed by atoms with Crippen LogP contribution in [0, 0.1) is 6.92 Å². The van der Waals surface area contributed by atoms with Crippen molar-refractivity contribution in [2.24, 2.45) is 0 Å². The summed E-state index contributed by atoms with van der Waals surface area (Å²) >= 11 is 6.49. The fourth-order valence-corrected chi connectivity index (χ4v) is 3.02. The summed E-state index contributed by atoms with van der Waals surface area (Å²) in [4.78, 5) is 25.6. The molecule has 0 aliphatic rings. The summed E-state index contributed by atoms with van der Waals surface area (Å²) in [6.07, 6.45) is 3.14. The Bertz CT molecular complexity index is 1070. The molecule has 0 atom stereocenters. The smallest absolute Gasteiger partial charge is 0.259 e. The molecular weight excluding hydrogens is 402 g/mol. The number of allylic oxidation sites excluding steroid dienone is 1. The third-order valence-corrected chi connectivity index (χ3v) is 4.81. The number of aryl methyl sites for hydroxylation is 1. The molecule has 1 aromatic heterocycles. The second-order valence-corrected chi connectivity index (χ2v) is 7.19. The first kappa shape index (κ1) is 21.3. The molecule has 7 heteroatoms. The summed E-state index contributed by atoms with van der Waals surface area (Å²) < 4.78 is 7.06. The van der Waals surface area contributed by atoms with Crippen molar-refractivity contribution in [2.75, 3.05) is 20.7 Å². The molecule has 1 heterocycles. The average molecular weight is 424 g/mol. The molecule has 0 fully saturated rings. The van der Waals surface area contributed by atoms with E-state index in [-0.39, 0.29) is 18.3 Å². The number of carbonyl (C=O) groups is 2. The number of amides is 1. The SMILES string of the molecule is Cc1nn(-c2ccccc2)c(Cl)c1C=CC(=O)c1ccc(OCC(=O)N(C)C)cc1. The lowest BCUT2D eigenvalue weighted by Crippen LogP contribution is -2.27. The number of carbonyl (C=O) groups excluding carboxylic acids is 2. The normalized spacial score (nSPS) is 10.9. The largest absolute Gasteiger partial charge is 0.484 e. The molecule has 1 amide bonds. The number of hydrogen-bond acceptors (Lipinski definition) is 4. The van der Waals surface area contributed by atoms with Crippen molar-refractivity contribution in [3.05, 3.63) is 82.6 Å². The fourth-order valence-electron chi connectivity index (χ4n) is 2.69. The fraction of sp³-hybridized carbons (Fsp3) is 0.174. The Labute approximate surface area is 180 Å². The van der Waals surface area contributed by atoms with Crippen LogP contribution in [0.25, 0.3) is 11.8 Å². The lowest BCUT2D eigenvalue weighted by Gasteiger charge is -2.11. The molecular formula is C23H22ClN3O3. The van der Waals surface area contributed by atoms with Crippen molar-refractivity contribution < 1.29 is 14.3 Å². The molecule has 3 rings (SSSR count). The monoisotopic (exact) mass is 423 g/mol. The van der Waals surface area contributed by atoms with E-state index in [1.807, 2.05) is 37.3 Å². The first-order chi connectivity index (χ1) is 14.4. The number of nitrogens with zero attached hydrogens (tertiary/aromatic N) is 3. The molecule has 0 spiro atoms. The van der Waals surface area contributed by atoms with Gasteiger partial charge in [-0.3, -0.25) is 9.59 Å². The lowest BCUT2D eigenvalue weighted by atomic mass is 10.1. The van der Waals surface area contributed by atoms with Gasteiger partial charge in [0.2, 0.25) is 0 Å². The summed E-state index contributed by atoms with van der Waals surface area (Å²) in [7, 11) is 3.33. The number of likely N-dealkylation sites (N-methyl/N-ethyl adjacent to an activating group) is 1. The van der Waals surface area contributed by atoms with Crippen molar-refractivity contribution in [2.45, 2.75) is 6.92 Å². The van der Waals surface area contributed by atoms with Crippen LogP contribution in [0.3, 0.4) is 0 Å². The second kappa shape index (κ2) is 9.41. The Morgan fingerprint density at radius 2 is 1.77 bits per heavy atom. The van der Waals surface area contributed by atoms with Crippen molar-refractivity contribution >= 4 is 29.4 Å². The molecule has 2 aromatic carbocycles. The number of benzene rings is 2. The van der Waals surface area contributed by atoms with E-state index in [2.05, 4.69) is 5.10 Å². The Morgan fingerprint density at radius 3 is 2.40 bits per heavy atom. The maximum atomic E-state index is 12.5. The predicted octanol–water partition coefficient (Wildman–Crippen LogP) is 4.20. The van der Waals surface area contributed by atoms with Crippen LogP contribution >= 0.6 is 11.6 Å². The highest BCUT2D eigenvalue weighted by Crippen LogP contribution is 2.25. The first-order valence-corrected chi connectivity index (χ1v) is 9.70. The third-order valence-electron chi connectivity index (χ3n) is 4.45. The predicted molar refractivity (Wildman–Crippen MR) is 117 cm³/mol. The summed E-state index contributed by atoms with van der Waals surface area (Å²) in [5.41, 5.74) is 2.76. The number of ketones is 1. The summed E-state index contributed by atoms with van der Waals surface area (Å²) in [5.74, 6) is 0.212. The van der Waals surface area contributed by atoms with E-state index < -0.39 is 0 Å². The van der Waals surface area contributed by atoms with Gasteiger partial charge >= 0.3 is 0 Å². The molecule has 0 aliphatic heterocycles. The van der Waals surface area contributed by atoms with Gasteiger partial charge in [-0.1, -0.05) is 29.8 Å². The van der Waals surface area contributed by atoms with Crippen LogP contribution in [-0.2, 0) is 4.79 Å². The van der Waals surface area contributed by atoms with Crippen molar-refractivity contribution in [3.63, 3.8) is 0 Å². The van der Waals surface area contributed by atoms with E-state index in [1.54, 1.807) is 49.1 Å². The van der Waals surface area contributed by atoms with Gasteiger partial charge in [0, 0.05) is 25.2 Å². The lowest BCUT2D eigenvalue weighted by molar-refractivity contribution is -0.130. The maximum absolute atomic E-state index is 12.5. The highest BCUT2D eigenvalue weighted by atomic mass is 35.5. The molecule has 0 saturated carbocycles. The molecule has 3 aromatic rings. The summed E-state index contributed by atoms with van der Waals surface area (Å²) in [5, 5.41) is 4.91. The number of ether oxygens (including phenoxy) is 1. The van der Waals surface area contributed by atoms with Gasteiger partial charge in [-0.05, 0) is 55.5 Å². The standard InChI is InChI=1S/C23H22ClN3O3/c1-16-20(23(24)27(25-16)18-7-5-4-6-8-18)13-14-21(28)17-9-11-19(12-10-17)30-15-22(29)26(2)3/h4-14H,15H2,1-3H3. The zero-order valence-electron chi connectivity index (χ0n) is 17.0. The van der Waals surface area contributed by atoms with Gasteiger partial charge in [0.05, 0.1) is 11.4 Å². The Kier molecular flexibility index (Phi) is 6.69. The van der Waals surface area contributed by atoms with Crippen LogP contribution in [0.5, 0.6) is 5.75 Å². The third kappa shape index (κ3) is 4.96. The molecule has 0 radical (unpaired) electrons. The van der Waals surface area contributed by atoms with Crippen molar-refractivity contribution in [1.29, 1.82) is 0 Å². The van der Waals surface area contributed by atoms with Gasteiger partial charge < -0.3 is 9.64 Å². The molecule has 30 heavy (non-hydrogen) atoms. The number of rotatable bonds is 7. The van der Waals surface area contributed by atoms with E-state index in [4.69, 9.17) is 16.3 Å². The van der Waals surface area contributed by atoms with Gasteiger partial charge in [0.15, 0.2) is 12.4 Å². The Morgan fingerprint density at radius 1 is 1.10 bits per heavy atom. The minimum Gasteiger partial charge on any atom is -0.484 e. The summed E-state index contributed by atoms with van der Waals surface area (Å²) in [6, 6.07) is 16.2. The molecule has 154 valence electrons. The van der Waals surface area contributed by atoms with E-state index in [0.717, 1.165) is 11.4 Å². The van der Waals surface area contributed by atoms with Crippen molar-refractivity contribution in [3.8, 4) is 11.4 Å². The highest BCUT2D eigenvalue weighted by molar-refractivity contribution is 6.31. The molecule has 0 N–H and O–H groups in total. The number of hydrogen-bond donors (Lipinski definition) is 0. The van der Waals surface area contributed by atoms with E-state index >= 15 is 0 Å².